The van der Waals surface area contributed by atoms with E-state index < -0.39 is 31.4 Å². The number of hydrogen-bond donors (Lipinski definition) is 3. The van der Waals surface area contributed by atoms with Crippen molar-refractivity contribution < 1.29 is 27.6 Å². The summed E-state index contributed by atoms with van der Waals surface area (Å²) in [6, 6.07) is 21.2. The van der Waals surface area contributed by atoms with Crippen molar-refractivity contribution in [2.45, 2.75) is 75.6 Å². The molecule has 13 nitrogen and oxygen atoms in total. The molecule has 3 N–H and O–H groups in total. The monoisotopic (exact) mass is 806 g/mol. The highest BCUT2D eigenvalue weighted by atomic mass is 32.2. The Labute approximate surface area is 338 Å². The molecular weight excluding hydrogens is 757 g/mol. The molecule has 3 atom stereocenters. The first-order valence-electron chi connectivity index (χ1n) is 20.5. The summed E-state index contributed by atoms with van der Waals surface area (Å²) < 4.78 is 41.1. The number of fused-ring (bicyclic) bond motifs is 1. The summed E-state index contributed by atoms with van der Waals surface area (Å²) in [5, 5.41) is 15.9. The maximum Gasteiger partial charge on any atom is 0.293 e. The summed E-state index contributed by atoms with van der Waals surface area (Å²) in [5.74, 6) is 1.30. The predicted molar refractivity (Wildman–Crippen MR) is 224 cm³/mol. The van der Waals surface area contributed by atoms with Crippen LogP contribution in [0.15, 0.2) is 90.1 Å². The third kappa shape index (κ3) is 8.53. The smallest absolute Gasteiger partial charge is 0.293 e. The number of anilines is 2. The van der Waals surface area contributed by atoms with Gasteiger partial charge in [-0.2, -0.15) is 0 Å². The predicted octanol–water partition coefficient (Wildman–Crippen LogP) is 9.07. The molecule has 14 heteroatoms. The molecular formula is C44H50N6O7S. The summed E-state index contributed by atoms with van der Waals surface area (Å²) >= 11 is 0. The minimum atomic E-state index is -4.55. The highest BCUT2D eigenvalue weighted by molar-refractivity contribution is 7.90. The van der Waals surface area contributed by atoms with Gasteiger partial charge < -0.3 is 24.7 Å². The largest absolute Gasteiger partial charge is 0.455 e. The summed E-state index contributed by atoms with van der Waals surface area (Å²) in [4.78, 5) is 34.9. The van der Waals surface area contributed by atoms with Gasteiger partial charge in [-0.15, -0.1) is 0 Å². The average molecular weight is 807 g/mol. The van der Waals surface area contributed by atoms with Crippen molar-refractivity contribution in [2.24, 2.45) is 17.8 Å². The van der Waals surface area contributed by atoms with Crippen LogP contribution in [0.25, 0.3) is 22.2 Å². The minimum absolute atomic E-state index is 0.0415. The molecule has 8 rings (SSSR count). The van der Waals surface area contributed by atoms with Crippen LogP contribution in [0.4, 0.5) is 17.1 Å². The molecule has 2 aliphatic heterocycles. The number of ether oxygens (including phenoxy) is 2. The van der Waals surface area contributed by atoms with Crippen LogP contribution in [0, 0.1) is 27.9 Å². The molecule has 3 fully saturated rings. The fourth-order valence-electron chi connectivity index (χ4n) is 9.15. The van der Waals surface area contributed by atoms with Gasteiger partial charge in [0, 0.05) is 55.7 Å². The van der Waals surface area contributed by atoms with E-state index in [0.717, 1.165) is 53.8 Å². The number of nitro benzene ring substituents is 1. The van der Waals surface area contributed by atoms with E-state index in [4.69, 9.17) is 9.47 Å². The maximum absolute atomic E-state index is 13.9. The Kier molecular flexibility index (Phi) is 11.7. The highest BCUT2D eigenvalue weighted by Crippen LogP contribution is 2.42. The Morgan fingerprint density at radius 3 is 2.55 bits per heavy atom. The number of nitro groups is 1. The van der Waals surface area contributed by atoms with Crippen LogP contribution in [0.3, 0.4) is 0 Å². The number of benzene rings is 3. The summed E-state index contributed by atoms with van der Waals surface area (Å²) in [5.41, 5.74) is 3.30. The molecule has 0 spiro atoms. The number of amides is 1. The van der Waals surface area contributed by atoms with Crippen molar-refractivity contribution in [1.29, 1.82) is 0 Å². The second-order valence-corrected chi connectivity index (χ2v) is 17.5. The first-order valence-corrected chi connectivity index (χ1v) is 21.9. The van der Waals surface area contributed by atoms with Crippen LogP contribution in [0.5, 0.6) is 11.5 Å². The normalized spacial score (nSPS) is 20.2. The average Bonchev–Trinajstić information content (AvgIpc) is 3.93. The van der Waals surface area contributed by atoms with E-state index in [9.17, 15) is 23.3 Å². The van der Waals surface area contributed by atoms with Crippen molar-refractivity contribution in [2.75, 3.05) is 36.5 Å². The summed E-state index contributed by atoms with van der Waals surface area (Å²) in [7, 11) is -4.55. The van der Waals surface area contributed by atoms with Gasteiger partial charge in [0.05, 0.1) is 21.6 Å². The van der Waals surface area contributed by atoms with Crippen molar-refractivity contribution in [3.63, 3.8) is 0 Å². The van der Waals surface area contributed by atoms with Crippen LogP contribution in [-0.4, -0.2) is 61.6 Å². The van der Waals surface area contributed by atoms with E-state index in [-0.39, 0.29) is 22.9 Å². The van der Waals surface area contributed by atoms with Crippen molar-refractivity contribution in [3.05, 3.63) is 101 Å². The van der Waals surface area contributed by atoms with E-state index >= 15 is 0 Å². The topological polar surface area (TPSA) is 169 Å². The van der Waals surface area contributed by atoms with Gasteiger partial charge in [-0.3, -0.25) is 14.9 Å². The lowest BCUT2D eigenvalue weighted by atomic mass is 9.73. The fraction of sp³-hybridized carbons (Fsp3) is 0.409. The molecule has 0 radical (unpaired) electrons. The fourth-order valence-corrected chi connectivity index (χ4v) is 10.1. The van der Waals surface area contributed by atoms with E-state index in [0.29, 0.717) is 37.2 Å². The van der Waals surface area contributed by atoms with Crippen LogP contribution in [-0.2, 0) is 14.8 Å². The molecule has 1 saturated carbocycles. The van der Waals surface area contributed by atoms with Gasteiger partial charge >= 0.3 is 0 Å². The Balaban J connectivity index is 1.05. The number of rotatable bonds is 13. The quantitative estimate of drug-likeness (QED) is 0.0771. The Morgan fingerprint density at radius 2 is 1.76 bits per heavy atom. The maximum atomic E-state index is 13.9. The van der Waals surface area contributed by atoms with E-state index in [1.165, 1.54) is 75.0 Å². The SMILES string of the molecule is CCC1CCCCC1C1CCCN1c1ccc(-c2ccc(C(=O)NS(=O)(=O)c3ccc(NCC4CCOCC4)c([N+](=O)[O-])c3)c(Oc3cnc4[nH]ccc4c3)c2)cc1. The van der Waals surface area contributed by atoms with E-state index in [1.807, 2.05) is 6.07 Å². The zero-order chi connectivity index (χ0) is 40.2. The molecule has 58 heavy (non-hydrogen) atoms. The van der Waals surface area contributed by atoms with E-state index in [2.05, 4.69) is 56.1 Å². The molecule has 2 aromatic heterocycles. The third-order valence-electron chi connectivity index (χ3n) is 12.3. The molecule has 3 aromatic carbocycles. The lowest BCUT2D eigenvalue weighted by Gasteiger charge is -2.40. The van der Waals surface area contributed by atoms with Crippen molar-refractivity contribution in [1.82, 2.24) is 14.7 Å². The Bertz CT molecular complexity index is 2380. The molecule has 3 unspecified atom stereocenters. The van der Waals surface area contributed by atoms with Gasteiger partial charge in [0.1, 0.15) is 22.8 Å². The number of aromatic nitrogens is 2. The lowest BCUT2D eigenvalue weighted by Crippen LogP contribution is -2.40. The Hall–Kier alpha value is -5.47. The van der Waals surface area contributed by atoms with Gasteiger partial charge in [0.2, 0.25) is 0 Å². The summed E-state index contributed by atoms with van der Waals surface area (Å²) in [6.45, 7) is 5.13. The van der Waals surface area contributed by atoms with Gasteiger partial charge in [0.15, 0.2) is 0 Å². The minimum Gasteiger partial charge on any atom is -0.455 e. The zero-order valence-corrected chi connectivity index (χ0v) is 33.5. The number of sulfonamides is 1. The molecule has 4 heterocycles. The number of carbonyl (C=O) groups excluding carboxylic acids is 1. The van der Waals surface area contributed by atoms with Crippen LogP contribution in [0.2, 0.25) is 0 Å². The zero-order valence-electron chi connectivity index (χ0n) is 32.7. The number of nitrogens with zero attached hydrogens (tertiary/aromatic N) is 3. The van der Waals surface area contributed by atoms with Gasteiger partial charge in [-0.1, -0.05) is 50.8 Å². The molecule has 2 saturated heterocycles. The molecule has 5 aromatic rings. The summed E-state index contributed by atoms with van der Waals surface area (Å²) in [6.07, 6.45) is 13.9. The molecule has 1 aliphatic carbocycles. The number of hydrogen-bond acceptors (Lipinski definition) is 10. The first kappa shape index (κ1) is 39.4. The van der Waals surface area contributed by atoms with Crippen LogP contribution in [0.1, 0.15) is 75.1 Å². The molecule has 3 aliphatic rings. The van der Waals surface area contributed by atoms with E-state index in [1.54, 1.807) is 24.4 Å². The Morgan fingerprint density at radius 1 is 0.966 bits per heavy atom. The molecule has 1 amide bonds. The number of carbonyl (C=O) groups is 1. The standard InChI is InChI=1S/C44H50N6O7S/c1-2-30-6-3-4-7-37(30)40-8-5-21-49(40)34-12-9-31(10-13-34)32-11-15-38(42(25-32)57-35-24-33-17-20-45-43(33)47-28-35)44(51)48-58(54,55)36-14-16-39(41(26-36)50(52)53)46-27-29-18-22-56-23-19-29/h9-17,20,24-26,28-30,37,40,46H,2-8,18-19,21-23,27H2,1H3,(H,45,47)(H,48,51). The number of aromatic amines is 1. The van der Waals surface area contributed by atoms with Gasteiger partial charge in [-0.25, -0.2) is 18.1 Å². The van der Waals surface area contributed by atoms with Gasteiger partial charge in [-0.05, 0) is 110 Å². The van der Waals surface area contributed by atoms with Crippen LogP contribution >= 0.6 is 0 Å². The first-order chi connectivity index (χ1) is 28.2. The van der Waals surface area contributed by atoms with Crippen molar-refractivity contribution >= 4 is 44.0 Å². The van der Waals surface area contributed by atoms with Gasteiger partial charge in [0.25, 0.3) is 21.6 Å². The number of pyridine rings is 1. The number of nitrogens with one attached hydrogen (secondary N) is 3. The highest BCUT2D eigenvalue weighted by Gasteiger charge is 2.37. The lowest BCUT2D eigenvalue weighted by molar-refractivity contribution is -0.384. The molecule has 304 valence electrons. The molecule has 0 bridgehead atoms. The second-order valence-electron chi connectivity index (χ2n) is 15.8. The third-order valence-corrected chi connectivity index (χ3v) is 13.6. The van der Waals surface area contributed by atoms with Crippen molar-refractivity contribution in [3.8, 4) is 22.6 Å². The second kappa shape index (κ2) is 17.2. The number of H-pyrrole nitrogens is 1. The van der Waals surface area contributed by atoms with Crippen LogP contribution < -0.4 is 19.7 Å².